The SMILES string of the molecule is CCOC(=O)C(NC(=O)c1oc2ccccc2c1C)c1ccccc1. The van der Waals surface area contributed by atoms with Crippen molar-refractivity contribution in [3.05, 3.63) is 71.5 Å². The lowest BCUT2D eigenvalue weighted by atomic mass is 10.1. The number of ether oxygens (including phenoxy) is 1. The molecule has 1 heterocycles. The van der Waals surface area contributed by atoms with Crippen molar-refractivity contribution in [2.24, 2.45) is 0 Å². The van der Waals surface area contributed by atoms with Crippen molar-refractivity contribution in [2.75, 3.05) is 6.61 Å². The molecule has 3 aromatic rings. The maximum absolute atomic E-state index is 12.7. The summed E-state index contributed by atoms with van der Waals surface area (Å²) >= 11 is 0. The summed E-state index contributed by atoms with van der Waals surface area (Å²) in [6.45, 7) is 3.79. The van der Waals surface area contributed by atoms with Crippen LogP contribution in [0.4, 0.5) is 0 Å². The second-order valence-corrected chi connectivity index (χ2v) is 5.62. The van der Waals surface area contributed by atoms with Gasteiger partial charge in [-0.15, -0.1) is 0 Å². The number of aryl methyl sites for hydroxylation is 1. The van der Waals surface area contributed by atoms with Crippen molar-refractivity contribution in [3.63, 3.8) is 0 Å². The number of hydrogen-bond donors (Lipinski definition) is 1. The first kappa shape index (κ1) is 16.8. The van der Waals surface area contributed by atoms with Gasteiger partial charge in [0.2, 0.25) is 0 Å². The van der Waals surface area contributed by atoms with Crippen molar-refractivity contribution >= 4 is 22.8 Å². The number of furan rings is 1. The Morgan fingerprint density at radius 2 is 1.76 bits per heavy atom. The second-order valence-electron chi connectivity index (χ2n) is 5.62. The molecule has 1 atom stereocenters. The van der Waals surface area contributed by atoms with Gasteiger partial charge in [-0.1, -0.05) is 48.5 Å². The van der Waals surface area contributed by atoms with Crippen molar-refractivity contribution < 1.29 is 18.7 Å². The zero-order valence-corrected chi connectivity index (χ0v) is 14.1. The molecule has 2 aromatic carbocycles. The van der Waals surface area contributed by atoms with E-state index in [2.05, 4.69) is 5.32 Å². The Kier molecular flexibility index (Phi) is 4.84. The van der Waals surface area contributed by atoms with E-state index in [9.17, 15) is 9.59 Å². The van der Waals surface area contributed by atoms with Crippen LogP contribution in [-0.4, -0.2) is 18.5 Å². The molecule has 0 radical (unpaired) electrons. The lowest BCUT2D eigenvalue weighted by molar-refractivity contribution is -0.145. The highest BCUT2D eigenvalue weighted by molar-refractivity contribution is 6.00. The fourth-order valence-electron chi connectivity index (χ4n) is 2.74. The van der Waals surface area contributed by atoms with Crippen LogP contribution in [0.5, 0.6) is 0 Å². The van der Waals surface area contributed by atoms with E-state index < -0.39 is 17.9 Å². The molecule has 0 aliphatic heterocycles. The third-order valence-electron chi connectivity index (χ3n) is 3.98. The monoisotopic (exact) mass is 337 g/mol. The van der Waals surface area contributed by atoms with Gasteiger partial charge in [-0.25, -0.2) is 4.79 Å². The molecule has 128 valence electrons. The van der Waals surface area contributed by atoms with Crippen molar-refractivity contribution in [1.29, 1.82) is 0 Å². The van der Waals surface area contributed by atoms with Gasteiger partial charge in [-0.2, -0.15) is 0 Å². The molecule has 1 amide bonds. The number of fused-ring (bicyclic) bond motifs is 1. The van der Waals surface area contributed by atoms with E-state index in [-0.39, 0.29) is 12.4 Å². The average Bonchev–Trinajstić information content (AvgIpc) is 2.97. The fourth-order valence-corrected chi connectivity index (χ4v) is 2.74. The van der Waals surface area contributed by atoms with E-state index in [0.29, 0.717) is 11.1 Å². The summed E-state index contributed by atoms with van der Waals surface area (Å²) in [6.07, 6.45) is 0. The lowest BCUT2D eigenvalue weighted by Gasteiger charge is -2.17. The second kappa shape index (κ2) is 7.21. The van der Waals surface area contributed by atoms with E-state index in [1.54, 1.807) is 37.3 Å². The molecule has 0 bridgehead atoms. The molecule has 0 aliphatic rings. The molecule has 5 nitrogen and oxygen atoms in total. The molecule has 5 heteroatoms. The Labute approximate surface area is 145 Å². The van der Waals surface area contributed by atoms with E-state index in [1.807, 2.05) is 31.2 Å². The van der Waals surface area contributed by atoms with Gasteiger partial charge < -0.3 is 14.5 Å². The number of carbonyl (C=O) groups is 2. The topological polar surface area (TPSA) is 68.5 Å². The Balaban J connectivity index is 1.91. The van der Waals surface area contributed by atoms with Gasteiger partial charge in [0, 0.05) is 10.9 Å². The molecular formula is C20H19NO4. The molecule has 0 saturated carbocycles. The predicted octanol–water partition coefficient (Wildman–Crippen LogP) is 3.78. The van der Waals surface area contributed by atoms with Crippen LogP contribution in [0, 0.1) is 6.92 Å². The quantitative estimate of drug-likeness (QED) is 0.720. The average molecular weight is 337 g/mol. The summed E-state index contributed by atoms with van der Waals surface area (Å²) in [5, 5.41) is 3.60. The molecule has 0 fully saturated rings. The van der Waals surface area contributed by atoms with E-state index in [0.717, 1.165) is 10.9 Å². The highest BCUT2D eigenvalue weighted by Gasteiger charge is 2.27. The van der Waals surface area contributed by atoms with Crippen molar-refractivity contribution in [2.45, 2.75) is 19.9 Å². The van der Waals surface area contributed by atoms with Crippen LogP contribution in [0.3, 0.4) is 0 Å². The maximum atomic E-state index is 12.7. The summed E-state index contributed by atoms with van der Waals surface area (Å²) in [6, 6.07) is 15.5. The summed E-state index contributed by atoms with van der Waals surface area (Å²) in [5.74, 6) is -0.752. The normalized spacial score (nSPS) is 11.9. The molecular weight excluding hydrogens is 318 g/mol. The molecule has 1 unspecified atom stereocenters. The number of nitrogens with one attached hydrogen (secondary N) is 1. The summed E-state index contributed by atoms with van der Waals surface area (Å²) in [7, 11) is 0. The minimum absolute atomic E-state index is 0.200. The minimum Gasteiger partial charge on any atom is -0.464 e. The van der Waals surface area contributed by atoms with Gasteiger partial charge in [0.15, 0.2) is 11.8 Å². The molecule has 0 aliphatic carbocycles. The van der Waals surface area contributed by atoms with E-state index in [4.69, 9.17) is 9.15 Å². The molecule has 0 saturated heterocycles. The summed E-state index contributed by atoms with van der Waals surface area (Å²) in [5.41, 5.74) is 2.03. The van der Waals surface area contributed by atoms with Crippen LogP contribution in [0.25, 0.3) is 11.0 Å². The van der Waals surface area contributed by atoms with Crippen LogP contribution in [-0.2, 0) is 9.53 Å². The van der Waals surface area contributed by atoms with E-state index >= 15 is 0 Å². The van der Waals surface area contributed by atoms with Gasteiger partial charge in [0.25, 0.3) is 5.91 Å². The first-order valence-electron chi connectivity index (χ1n) is 8.12. The highest BCUT2D eigenvalue weighted by atomic mass is 16.5. The van der Waals surface area contributed by atoms with Gasteiger partial charge in [0.05, 0.1) is 6.61 Å². The Hall–Kier alpha value is -3.08. The zero-order valence-electron chi connectivity index (χ0n) is 14.1. The van der Waals surface area contributed by atoms with Crippen LogP contribution in [0.1, 0.15) is 34.6 Å². The van der Waals surface area contributed by atoms with Crippen molar-refractivity contribution in [1.82, 2.24) is 5.32 Å². The standard InChI is InChI=1S/C20H19NO4/c1-3-24-20(23)17(14-9-5-4-6-10-14)21-19(22)18-13(2)15-11-7-8-12-16(15)25-18/h4-12,17H,3H2,1-2H3,(H,21,22). The zero-order chi connectivity index (χ0) is 17.8. The summed E-state index contributed by atoms with van der Waals surface area (Å²) < 4.78 is 10.8. The van der Waals surface area contributed by atoms with Gasteiger partial charge >= 0.3 is 5.97 Å². The van der Waals surface area contributed by atoms with Gasteiger partial charge in [0.1, 0.15) is 5.58 Å². The molecule has 3 rings (SSSR count). The van der Waals surface area contributed by atoms with E-state index in [1.165, 1.54) is 0 Å². The third kappa shape index (κ3) is 3.40. The predicted molar refractivity (Wildman–Crippen MR) is 94.2 cm³/mol. The Bertz CT molecular complexity index is 898. The fraction of sp³-hybridized carbons (Fsp3) is 0.200. The molecule has 1 N–H and O–H groups in total. The van der Waals surface area contributed by atoms with Crippen molar-refractivity contribution in [3.8, 4) is 0 Å². The number of para-hydroxylation sites is 1. The number of amides is 1. The lowest BCUT2D eigenvalue weighted by Crippen LogP contribution is -2.35. The number of esters is 1. The first-order valence-corrected chi connectivity index (χ1v) is 8.12. The minimum atomic E-state index is -0.888. The van der Waals surface area contributed by atoms with Gasteiger partial charge in [-0.3, -0.25) is 4.79 Å². The smallest absolute Gasteiger partial charge is 0.333 e. The molecule has 25 heavy (non-hydrogen) atoms. The largest absolute Gasteiger partial charge is 0.464 e. The maximum Gasteiger partial charge on any atom is 0.333 e. The number of hydrogen-bond acceptors (Lipinski definition) is 4. The Morgan fingerprint density at radius 3 is 2.44 bits per heavy atom. The first-order chi connectivity index (χ1) is 12.1. The third-order valence-corrected chi connectivity index (χ3v) is 3.98. The number of benzene rings is 2. The number of carbonyl (C=O) groups excluding carboxylic acids is 2. The van der Waals surface area contributed by atoms with Crippen LogP contribution in [0.15, 0.2) is 59.0 Å². The van der Waals surface area contributed by atoms with Crippen LogP contribution < -0.4 is 5.32 Å². The Morgan fingerprint density at radius 1 is 1.08 bits per heavy atom. The summed E-state index contributed by atoms with van der Waals surface area (Å²) in [4.78, 5) is 25.0. The van der Waals surface area contributed by atoms with Crippen LogP contribution >= 0.6 is 0 Å². The van der Waals surface area contributed by atoms with Crippen LogP contribution in [0.2, 0.25) is 0 Å². The number of rotatable bonds is 5. The molecule has 0 spiro atoms. The molecule has 1 aromatic heterocycles. The van der Waals surface area contributed by atoms with Gasteiger partial charge in [-0.05, 0) is 25.5 Å². The highest BCUT2D eigenvalue weighted by Crippen LogP contribution is 2.25.